The molecule has 1 aliphatic rings. The normalized spacial score (nSPS) is 19.9. The van der Waals surface area contributed by atoms with Crippen molar-refractivity contribution in [2.75, 3.05) is 0 Å². The Bertz CT molecular complexity index is 431. The number of carbonyl (C=O) groups excluding carboxylic acids is 1. The van der Waals surface area contributed by atoms with Gasteiger partial charge in [-0.15, -0.1) is 0 Å². The molecule has 1 aromatic heterocycles. The Balaban J connectivity index is 2.07. The zero-order valence-electron chi connectivity index (χ0n) is 10.8. The van der Waals surface area contributed by atoms with Gasteiger partial charge in [-0.05, 0) is 33.3 Å². The van der Waals surface area contributed by atoms with E-state index in [-0.39, 0.29) is 12.0 Å². The van der Waals surface area contributed by atoms with E-state index in [0.717, 1.165) is 17.0 Å². The summed E-state index contributed by atoms with van der Waals surface area (Å²) in [5.41, 5.74) is 2.74. The van der Waals surface area contributed by atoms with Crippen molar-refractivity contribution < 1.29 is 9.53 Å². The minimum atomic E-state index is -0.440. The summed E-state index contributed by atoms with van der Waals surface area (Å²) in [6.45, 7) is 8.22. The topological polar surface area (TPSA) is 67.0 Å². The first-order chi connectivity index (χ1) is 7.87. The monoisotopic (exact) mass is 237 g/mol. The van der Waals surface area contributed by atoms with Crippen LogP contribution in [0, 0.1) is 6.92 Å². The van der Waals surface area contributed by atoms with Crippen molar-refractivity contribution in [3.05, 3.63) is 17.0 Å². The summed E-state index contributed by atoms with van der Waals surface area (Å²) < 4.78 is 5.38. The lowest BCUT2D eigenvalue weighted by Crippen LogP contribution is -2.45. The second-order valence-corrected chi connectivity index (χ2v) is 5.44. The third-order valence-corrected chi connectivity index (χ3v) is 2.78. The molecule has 0 aromatic carbocycles. The molecule has 0 amide bonds. The molecule has 1 aliphatic heterocycles. The molecule has 2 heterocycles. The van der Waals surface area contributed by atoms with Crippen LogP contribution in [0.25, 0.3) is 0 Å². The Labute approximate surface area is 101 Å². The van der Waals surface area contributed by atoms with Crippen LogP contribution in [0.1, 0.15) is 37.7 Å². The highest BCUT2D eigenvalue weighted by atomic mass is 16.6. The molecule has 2 rings (SSSR count). The predicted octanol–water partition coefficient (Wildman–Crippen LogP) is 1.07. The van der Waals surface area contributed by atoms with Crippen molar-refractivity contribution in [3.8, 4) is 0 Å². The molecule has 0 radical (unpaired) electrons. The quantitative estimate of drug-likeness (QED) is 0.717. The van der Waals surface area contributed by atoms with Crippen molar-refractivity contribution in [2.24, 2.45) is 0 Å². The lowest BCUT2D eigenvalue weighted by Gasteiger charge is -2.26. The third-order valence-electron chi connectivity index (χ3n) is 2.78. The van der Waals surface area contributed by atoms with Crippen molar-refractivity contribution in [2.45, 2.75) is 52.3 Å². The van der Waals surface area contributed by atoms with Crippen LogP contribution in [-0.2, 0) is 22.5 Å². The van der Waals surface area contributed by atoms with Gasteiger partial charge in [0.2, 0.25) is 0 Å². The minimum absolute atomic E-state index is 0.191. The molecule has 2 N–H and O–H groups in total. The average Bonchev–Trinajstić information content (AvgIpc) is 2.57. The van der Waals surface area contributed by atoms with Gasteiger partial charge in [-0.25, -0.2) is 0 Å². The lowest BCUT2D eigenvalue weighted by molar-refractivity contribution is -0.157. The first-order valence-electron chi connectivity index (χ1n) is 5.86. The van der Waals surface area contributed by atoms with Crippen LogP contribution < -0.4 is 5.32 Å². The molecule has 0 spiro atoms. The number of carbonyl (C=O) groups is 1. The van der Waals surface area contributed by atoms with E-state index in [0.29, 0.717) is 13.0 Å². The Morgan fingerprint density at radius 2 is 2.18 bits per heavy atom. The Morgan fingerprint density at radius 1 is 1.47 bits per heavy atom. The van der Waals surface area contributed by atoms with Gasteiger partial charge in [0.15, 0.2) is 0 Å². The number of H-pyrrole nitrogens is 1. The van der Waals surface area contributed by atoms with Gasteiger partial charge in [0.05, 0.1) is 5.69 Å². The molecule has 1 aromatic rings. The van der Waals surface area contributed by atoms with E-state index in [1.54, 1.807) is 0 Å². The maximum absolute atomic E-state index is 11.9. The van der Waals surface area contributed by atoms with Gasteiger partial charge < -0.3 is 4.74 Å². The van der Waals surface area contributed by atoms with Gasteiger partial charge in [0, 0.05) is 18.7 Å². The van der Waals surface area contributed by atoms with Crippen molar-refractivity contribution >= 4 is 5.97 Å². The van der Waals surface area contributed by atoms with Crippen LogP contribution in [0.4, 0.5) is 0 Å². The van der Waals surface area contributed by atoms with Crippen molar-refractivity contribution in [1.29, 1.82) is 0 Å². The van der Waals surface area contributed by atoms with Gasteiger partial charge in [-0.1, -0.05) is 0 Å². The minimum Gasteiger partial charge on any atom is -0.459 e. The highest BCUT2D eigenvalue weighted by Crippen LogP contribution is 2.19. The molecule has 17 heavy (non-hydrogen) atoms. The van der Waals surface area contributed by atoms with Crippen LogP contribution >= 0.6 is 0 Å². The number of rotatable bonds is 1. The standard InChI is InChI=1S/C12H19N3O2/c1-7-8-5-9(11(16)17-12(2,3)4)13-6-10(8)15-14-7/h9,13H,5-6H2,1-4H3,(H,14,15). The van der Waals surface area contributed by atoms with Gasteiger partial charge in [0.25, 0.3) is 0 Å². The fraction of sp³-hybridized carbons (Fsp3) is 0.667. The number of aromatic nitrogens is 2. The number of hydrogen-bond donors (Lipinski definition) is 2. The summed E-state index contributed by atoms with van der Waals surface area (Å²) in [6, 6.07) is -0.266. The average molecular weight is 237 g/mol. The highest BCUT2D eigenvalue weighted by Gasteiger charge is 2.30. The number of fused-ring (bicyclic) bond motifs is 1. The second kappa shape index (κ2) is 4.14. The van der Waals surface area contributed by atoms with E-state index in [9.17, 15) is 4.79 Å². The summed E-state index contributed by atoms with van der Waals surface area (Å²) in [5, 5.41) is 10.3. The molecule has 0 fully saturated rings. The van der Waals surface area contributed by atoms with Crippen LogP contribution in [0.3, 0.4) is 0 Å². The summed E-state index contributed by atoms with van der Waals surface area (Å²) in [4.78, 5) is 11.9. The van der Waals surface area contributed by atoms with Crippen LogP contribution in [0.15, 0.2) is 0 Å². The van der Waals surface area contributed by atoms with Crippen LogP contribution in [-0.4, -0.2) is 27.8 Å². The molecule has 0 aliphatic carbocycles. The molecular formula is C12H19N3O2. The van der Waals surface area contributed by atoms with Gasteiger partial charge >= 0.3 is 5.97 Å². The Morgan fingerprint density at radius 3 is 2.82 bits per heavy atom. The van der Waals surface area contributed by atoms with Crippen LogP contribution in [0.5, 0.6) is 0 Å². The first kappa shape index (κ1) is 12.1. The highest BCUT2D eigenvalue weighted by molar-refractivity contribution is 5.77. The number of aromatic amines is 1. The van der Waals surface area contributed by atoms with Crippen molar-refractivity contribution in [3.63, 3.8) is 0 Å². The summed E-state index contributed by atoms with van der Waals surface area (Å²) in [5.74, 6) is -0.191. The van der Waals surface area contributed by atoms with Gasteiger partial charge in [0.1, 0.15) is 11.6 Å². The van der Waals surface area contributed by atoms with Gasteiger partial charge in [-0.3, -0.25) is 15.2 Å². The fourth-order valence-corrected chi connectivity index (χ4v) is 1.96. The molecule has 0 bridgehead atoms. The third kappa shape index (κ3) is 2.66. The summed E-state index contributed by atoms with van der Waals surface area (Å²) in [6.07, 6.45) is 0.645. The lowest BCUT2D eigenvalue weighted by atomic mass is 9.99. The molecule has 1 unspecified atom stereocenters. The van der Waals surface area contributed by atoms with Gasteiger partial charge in [-0.2, -0.15) is 5.10 Å². The smallest absolute Gasteiger partial charge is 0.324 e. The van der Waals surface area contributed by atoms with E-state index < -0.39 is 5.60 Å². The SMILES string of the molecule is Cc1[nH]nc2c1CC(C(=O)OC(C)(C)C)NC2. The number of hydrogen-bond acceptors (Lipinski definition) is 4. The number of aryl methyl sites for hydroxylation is 1. The zero-order valence-corrected chi connectivity index (χ0v) is 10.8. The number of esters is 1. The zero-order chi connectivity index (χ0) is 12.6. The molecule has 5 heteroatoms. The maximum Gasteiger partial charge on any atom is 0.324 e. The molecule has 0 saturated carbocycles. The summed E-state index contributed by atoms with van der Waals surface area (Å²) >= 11 is 0. The fourth-order valence-electron chi connectivity index (χ4n) is 1.96. The number of nitrogens with zero attached hydrogens (tertiary/aromatic N) is 1. The number of ether oxygens (including phenoxy) is 1. The molecule has 0 saturated heterocycles. The maximum atomic E-state index is 11.9. The van der Waals surface area contributed by atoms with E-state index in [1.807, 2.05) is 27.7 Å². The first-order valence-corrected chi connectivity index (χ1v) is 5.86. The van der Waals surface area contributed by atoms with E-state index in [1.165, 1.54) is 0 Å². The molecular weight excluding hydrogens is 218 g/mol. The summed E-state index contributed by atoms with van der Waals surface area (Å²) in [7, 11) is 0. The van der Waals surface area contributed by atoms with Crippen molar-refractivity contribution in [1.82, 2.24) is 15.5 Å². The largest absolute Gasteiger partial charge is 0.459 e. The molecule has 1 atom stereocenters. The Kier molecular flexibility index (Phi) is 2.95. The van der Waals surface area contributed by atoms with E-state index >= 15 is 0 Å². The number of nitrogens with one attached hydrogen (secondary N) is 2. The molecule has 5 nitrogen and oxygen atoms in total. The molecule has 94 valence electrons. The predicted molar refractivity (Wildman–Crippen MR) is 63.5 cm³/mol. The van der Waals surface area contributed by atoms with E-state index in [4.69, 9.17) is 4.74 Å². The van der Waals surface area contributed by atoms with E-state index in [2.05, 4.69) is 15.5 Å². The van der Waals surface area contributed by atoms with Crippen LogP contribution in [0.2, 0.25) is 0 Å². The Hall–Kier alpha value is -1.36. The second-order valence-electron chi connectivity index (χ2n) is 5.44.